The van der Waals surface area contributed by atoms with E-state index in [1.165, 1.54) is 4.88 Å². The van der Waals surface area contributed by atoms with Crippen molar-refractivity contribution >= 4 is 17.2 Å². The highest BCUT2D eigenvalue weighted by atomic mass is 32.1. The lowest BCUT2D eigenvalue weighted by Crippen LogP contribution is -2.29. The quantitative estimate of drug-likeness (QED) is 0.700. The van der Waals surface area contributed by atoms with E-state index in [4.69, 9.17) is 0 Å². The maximum Gasteiger partial charge on any atom is 0.221 e. The normalized spacial score (nSPS) is 23.7. The third kappa shape index (κ3) is 2.08. The molecule has 2 N–H and O–H groups in total. The molecule has 70 valence electrons. The fourth-order valence-corrected chi connectivity index (χ4v) is 2.21. The molecule has 1 aromatic rings. The standard InChI is InChI=1S/C9H12N2OS/c12-9-3-4-10-6-7(11-9)8-2-1-5-13-8/h1-2,5,7,10H,3-4,6H2,(H,11,12). The van der Waals surface area contributed by atoms with Crippen molar-refractivity contribution in [2.45, 2.75) is 12.5 Å². The van der Waals surface area contributed by atoms with Crippen molar-refractivity contribution in [1.82, 2.24) is 10.6 Å². The Morgan fingerprint density at radius 1 is 1.54 bits per heavy atom. The second-order valence-corrected chi connectivity index (χ2v) is 4.07. The van der Waals surface area contributed by atoms with Gasteiger partial charge >= 0.3 is 0 Å². The third-order valence-corrected chi connectivity index (χ3v) is 3.09. The van der Waals surface area contributed by atoms with Crippen LogP contribution >= 0.6 is 11.3 Å². The Kier molecular flexibility index (Phi) is 2.61. The molecule has 3 nitrogen and oxygen atoms in total. The summed E-state index contributed by atoms with van der Waals surface area (Å²) in [5, 5.41) is 8.26. The number of rotatable bonds is 1. The Hall–Kier alpha value is -0.870. The Morgan fingerprint density at radius 3 is 3.23 bits per heavy atom. The summed E-state index contributed by atoms with van der Waals surface area (Å²) in [4.78, 5) is 12.5. The second-order valence-electron chi connectivity index (χ2n) is 3.09. The maximum atomic E-state index is 11.2. The first kappa shape index (κ1) is 8.72. The van der Waals surface area contributed by atoms with Crippen LogP contribution in [0.25, 0.3) is 0 Å². The average Bonchev–Trinajstić information content (AvgIpc) is 2.56. The molecule has 1 aliphatic heterocycles. The number of thiophene rings is 1. The van der Waals surface area contributed by atoms with Gasteiger partial charge in [0, 0.05) is 24.4 Å². The predicted octanol–water partition coefficient (Wildman–Crippen LogP) is 0.899. The molecule has 13 heavy (non-hydrogen) atoms. The molecule has 1 aliphatic rings. The first-order valence-electron chi connectivity index (χ1n) is 4.40. The van der Waals surface area contributed by atoms with Crippen LogP contribution in [0.5, 0.6) is 0 Å². The van der Waals surface area contributed by atoms with Crippen molar-refractivity contribution in [3.8, 4) is 0 Å². The van der Waals surface area contributed by atoms with Crippen LogP contribution in [0.1, 0.15) is 17.3 Å². The van der Waals surface area contributed by atoms with Gasteiger partial charge in [-0.25, -0.2) is 0 Å². The topological polar surface area (TPSA) is 41.1 Å². The summed E-state index contributed by atoms with van der Waals surface area (Å²) < 4.78 is 0. The average molecular weight is 196 g/mol. The van der Waals surface area contributed by atoms with E-state index >= 15 is 0 Å². The zero-order valence-corrected chi connectivity index (χ0v) is 8.06. The molecule has 1 aromatic heterocycles. The Morgan fingerprint density at radius 2 is 2.46 bits per heavy atom. The molecular formula is C9H12N2OS. The summed E-state index contributed by atoms with van der Waals surface area (Å²) >= 11 is 1.69. The number of nitrogens with one attached hydrogen (secondary N) is 2. The molecule has 1 saturated heterocycles. The van der Waals surface area contributed by atoms with Crippen molar-refractivity contribution in [1.29, 1.82) is 0 Å². The lowest BCUT2D eigenvalue weighted by molar-refractivity contribution is -0.121. The monoisotopic (exact) mass is 196 g/mol. The Labute approximate surface area is 81.2 Å². The number of carbonyl (C=O) groups is 1. The Bertz CT molecular complexity index is 284. The van der Waals surface area contributed by atoms with Gasteiger partial charge in [-0.3, -0.25) is 4.79 Å². The van der Waals surface area contributed by atoms with Gasteiger partial charge in [0.25, 0.3) is 0 Å². The number of hydrogen-bond donors (Lipinski definition) is 2. The number of carbonyl (C=O) groups excluding carboxylic acids is 1. The van der Waals surface area contributed by atoms with E-state index in [0.29, 0.717) is 6.42 Å². The van der Waals surface area contributed by atoms with E-state index in [0.717, 1.165) is 13.1 Å². The van der Waals surface area contributed by atoms with Gasteiger partial charge in [-0.15, -0.1) is 11.3 Å². The van der Waals surface area contributed by atoms with Crippen LogP contribution in [0.2, 0.25) is 0 Å². The van der Waals surface area contributed by atoms with Crippen LogP contribution in [0.3, 0.4) is 0 Å². The largest absolute Gasteiger partial charge is 0.347 e. The molecule has 0 radical (unpaired) electrons. The number of hydrogen-bond acceptors (Lipinski definition) is 3. The molecular weight excluding hydrogens is 184 g/mol. The van der Waals surface area contributed by atoms with Crippen LogP contribution in [0.4, 0.5) is 0 Å². The van der Waals surface area contributed by atoms with Gasteiger partial charge in [0.1, 0.15) is 0 Å². The SMILES string of the molecule is O=C1CCNCC(c2cccs2)N1. The van der Waals surface area contributed by atoms with E-state index in [1.54, 1.807) is 11.3 Å². The summed E-state index contributed by atoms with van der Waals surface area (Å²) in [6.07, 6.45) is 0.585. The van der Waals surface area contributed by atoms with E-state index < -0.39 is 0 Å². The highest BCUT2D eigenvalue weighted by molar-refractivity contribution is 7.10. The van der Waals surface area contributed by atoms with Crippen LogP contribution in [0.15, 0.2) is 17.5 Å². The molecule has 0 aliphatic carbocycles. The molecule has 1 fully saturated rings. The minimum absolute atomic E-state index is 0.142. The molecule has 0 aromatic carbocycles. The highest BCUT2D eigenvalue weighted by Crippen LogP contribution is 2.19. The summed E-state index contributed by atoms with van der Waals surface area (Å²) in [6, 6.07) is 4.23. The highest BCUT2D eigenvalue weighted by Gasteiger charge is 2.17. The van der Waals surface area contributed by atoms with Crippen molar-refractivity contribution in [2.75, 3.05) is 13.1 Å². The predicted molar refractivity (Wildman–Crippen MR) is 52.7 cm³/mol. The minimum atomic E-state index is 0.142. The van der Waals surface area contributed by atoms with Gasteiger partial charge in [0.2, 0.25) is 5.91 Å². The van der Waals surface area contributed by atoms with E-state index in [-0.39, 0.29) is 11.9 Å². The van der Waals surface area contributed by atoms with Gasteiger partial charge in [-0.2, -0.15) is 0 Å². The van der Waals surface area contributed by atoms with Crippen LogP contribution < -0.4 is 10.6 Å². The Balaban J connectivity index is 2.09. The van der Waals surface area contributed by atoms with Crippen molar-refractivity contribution in [3.05, 3.63) is 22.4 Å². The van der Waals surface area contributed by atoms with Crippen molar-refractivity contribution in [2.24, 2.45) is 0 Å². The molecule has 4 heteroatoms. The summed E-state index contributed by atoms with van der Waals surface area (Å²) in [6.45, 7) is 1.62. The summed E-state index contributed by atoms with van der Waals surface area (Å²) in [5.41, 5.74) is 0. The summed E-state index contributed by atoms with van der Waals surface area (Å²) in [5.74, 6) is 0.142. The van der Waals surface area contributed by atoms with Gasteiger partial charge in [0.05, 0.1) is 6.04 Å². The molecule has 2 rings (SSSR count). The van der Waals surface area contributed by atoms with Gasteiger partial charge < -0.3 is 10.6 Å². The van der Waals surface area contributed by atoms with Crippen molar-refractivity contribution < 1.29 is 4.79 Å². The number of amides is 1. The van der Waals surface area contributed by atoms with Crippen LogP contribution in [-0.2, 0) is 4.79 Å². The smallest absolute Gasteiger partial charge is 0.221 e. The molecule has 1 unspecified atom stereocenters. The minimum Gasteiger partial charge on any atom is -0.347 e. The van der Waals surface area contributed by atoms with E-state index in [1.807, 2.05) is 11.4 Å². The maximum absolute atomic E-state index is 11.2. The molecule has 1 atom stereocenters. The van der Waals surface area contributed by atoms with Gasteiger partial charge in [-0.05, 0) is 11.4 Å². The van der Waals surface area contributed by atoms with E-state index in [2.05, 4.69) is 16.7 Å². The van der Waals surface area contributed by atoms with Gasteiger partial charge in [-0.1, -0.05) is 6.07 Å². The molecule has 0 bridgehead atoms. The second kappa shape index (κ2) is 3.89. The zero-order valence-electron chi connectivity index (χ0n) is 7.25. The molecule has 0 saturated carbocycles. The lowest BCUT2D eigenvalue weighted by Gasteiger charge is -2.13. The van der Waals surface area contributed by atoms with Crippen molar-refractivity contribution in [3.63, 3.8) is 0 Å². The lowest BCUT2D eigenvalue weighted by atomic mass is 10.2. The summed E-state index contributed by atoms with van der Waals surface area (Å²) in [7, 11) is 0. The first-order valence-corrected chi connectivity index (χ1v) is 5.28. The molecule has 2 heterocycles. The van der Waals surface area contributed by atoms with Crippen LogP contribution in [-0.4, -0.2) is 19.0 Å². The van der Waals surface area contributed by atoms with E-state index in [9.17, 15) is 4.79 Å². The van der Waals surface area contributed by atoms with Crippen LogP contribution in [0, 0.1) is 0 Å². The zero-order chi connectivity index (χ0) is 9.10. The fourth-order valence-electron chi connectivity index (χ4n) is 1.43. The molecule has 1 amide bonds. The first-order chi connectivity index (χ1) is 6.36. The van der Waals surface area contributed by atoms with Gasteiger partial charge in [0.15, 0.2) is 0 Å². The fraction of sp³-hybridized carbons (Fsp3) is 0.444. The molecule has 0 spiro atoms. The third-order valence-electron chi connectivity index (χ3n) is 2.10.